The Kier molecular flexibility index (Phi) is 8.71. The van der Waals surface area contributed by atoms with E-state index in [1.54, 1.807) is 26.2 Å². The normalized spacial score (nSPS) is 11.1. The Morgan fingerprint density at radius 3 is 2.49 bits per heavy atom. The van der Waals surface area contributed by atoms with Crippen molar-refractivity contribution in [3.05, 3.63) is 70.1 Å². The highest BCUT2D eigenvalue weighted by Crippen LogP contribution is 2.38. The molecule has 1 heterocycles. The van der Waals surface area contributed by atoms with Crippen LogP contribution in [0.3, 0.4) is 0 Å². The smallest absolute Gasteiger partial charge is 0.341 e. The van der Waals surface area contributed by atoms with Gasteiger partial charge in [0.1, 0.15) is 10.6 Å². The summed E-state index contributed by atoms with van der Waals surface area (Å²) in [5, 5.41) is 5.17. The van der Waals surface area contributed by atoms with Crippen molar-refractivity contribution >= 4 is 34.3 Å². The molecule has 0 spiro atoms. The molecule has 35 heavy (non-hydrogen) atoms. The Morgan fingerprint density at radius 1 is 1.06 bits per heavy atom. The van der Waals surface area contributed by atoms with Gasteiger partial charge < -0.3 is 19.5 Å². The molecule has 0 aliphatic heterocycles. The van der Waals surface area contributed by atoms with E-state index in [2.05, 4.69) is 11.4 Å². The molecule has 1 amide bonds. The summed E-state index contributed by atoms with van der Waals surface area (Å²) >= 11 is 1.30. The molecule has 1 aromatic heterocycles. The summed E-state index contributed by atoms with van der Waals surface area (Å²) < 4.78 is 16.4. The van der Waals surface area contributed by atoms with Crippen LogP contribution in [0.5, 0.6) is 11.5 Å². The maximum absolute atomic E-state index is 12.8. The monoisotopic (exact) mass is 493 g/mol. The van der Waals surface area contributed by atoms with E-state index >= 15 is 0 Å². The number of amides is 1. The predicted octanol–water partition coefficient (Wildman–Crippen LogP) is 6.66. The van der Waals surface area contributed by atoms with E-state index in [4.69, 9.17) is 14.2 Å². The van der Waals surface area contributed by atoms with Crippen molar-refractivity contribution in [2.24, 2.45) is 0 Å². The Morgan fingerprint density at radius 2 is 1.83 bits per heavy atom. The van der Waals surface area contributed by atoms with Crippen LogP contribution >= 0.6 is 11.3 Å². The summed E-state index contributed by atoms with van der Waals surface area (Å²) in [6.45, 7) is 9.91. The fraction of sp³-hybridized carbons (Fsp3) is 0.286. The molecule has 3 rings (SSSR count). The van der Waals surface area contributed by atoms with Gasteiger partial charge in [-0.2, -0.15) is 0 Å². The molecule has 0 fully saturated rings. The summed E-state index contributed by atoms with van der Waals surface area (Å²) in [5.41, 5.74) is 5.00. The molecule has 0 unspecified atom stereocenters. The van der Waals surface area contributed by atoms with Crippen LogP contribution in [0.2, 0.25) is 0 Å². The van der Waals surface area contributed by atoms with Crippen LogP contribution in [-0.2, 0) is 9.53 Å². The maximum atomic E-state index is 12.8. The molecule has 3 aromatic rings. The molecular formula is C28H31NO5S. The SMILES string of the molecule is CCOC(=O)c1c(-c2ccc(C)cc2C)csc1NC(=O)/C=C/c1ccc(OC(C)C)c(OC)c1. The molecule has 2 aromatic carbocycles. The van der Waals surface area contributed by atoms with E-state index in [0.717, 1.165) is 27.8 Å². The second-order valence-corrected chi connectivity index (χ2v) is 9.17. The first-order chi connectivity index (χ1) is 16.7. The molecule has 0 aliphatic rings. The highest BCUT2D eigenvalue weighted by Gasteiger charge is 2.23. The summed E-state index contributed by atoms with van der Waals surface area (Å²) in [6, 6.07) is 11.5. The number of carbonyl (C=O) groups excluding carboxylic acids is 2. The van der Waals surface area contributed by atoms with Crippen LogP contribution in [0.1, 0.15) is 47.8 Å². The third-order valence-electron chi connectivity index (χ3n) is 5.16. The minimum Gasteiger partial charge on any atom is -0.493 e. The molecule has 0 saturated heterocycles. The second-order valence-electron chi connectivity index (χ2n) is 8.29. The Hall–Kier alpha value is -3.58. The minimum absolute atomic E-state index is 0.0176. The van der Waals surface area contributed by atoms with Gasteiger partial charge in [-0.15, -0.1) is 11.3 Å². The third-order valence-corrected chi connectivity index (χ3v) is 6.05. The number of rotatable bonds is 9. The molecule has 0 aliphatic carbocycles. The van der Waals surface area contributed by atoms with Gasteiger partial charge in [0.15, 0.2) is 11.5 Å². The van der Waals surface area contributed by atoms with Gasteiger partial charge in [0, 0.05) is 17.0 Å². The standard InChI is InChI=1S/C28H31NO5S/c1-7-33-28(31)26-22(21-11-8-18(4)14-19(21)5)16-35-27(26)29-25(30)13-10-20-9-12-23(34-17(2)3)24(15-20)32-6/h8-17H,7H2,1-6H3,(H,29,30)/b13-10+. The summed E-state index contributed by atoms with van der Waals surface area (Å²) in [5.74, 6) is 0.405. The molecule has 0 bridgehead atoms. The molecule has 0 saturated carbocycles. The zero-order valence-electron chi connectivity index (χ0n) is 20.9. The number of benzene rings is 2. The second kappa shape index (κ2) is 11.7. The average molecular weight is 494 g/mol. The van der Waals surface area contributed by atoms with Gasteiger partial charge in [-0.25, -0.2) is 4.79 Å². The third kappa shape index (κ3) is 6.51. The number of anilines is 1. The number of methoxy groups -OCH3 is 1. The van der Waals surface area contributed by atoms with Gasteiger partial charge in [-0.3, -0.25) is 4.79 Å². The number of aryl methyl sites for hydroxylation is 2. The zero-order chi connectivity index (χ0) is 25.5. The minimum atomic E-state index is -0.464. The van der Waals surface area contributed by atoms with Crippen LogP contribution < -0.4 is 14.8 Å². The van der Waals surface area contributed by atoms with E-state index < -0.39 is 5.97 Å². The van der Waals surface area contributed by atoms with Gasteiger partial charge in [0.25, 0.3) is 0 Å². The van der Waals surface area contributed by atoms with Crippen LogP contribution in [0.15, 0.2) is 47.9 Å². The van der Waals surface area contributed by atoms with Crippen molar-refractivity contribution in [2.45, 2.75) is 40.7 Å². The number of hydrogen-bond acceptors (Lipinski definition) is 6. The highest BCUT2D eigenvalue weighted by atomic mass is 32.1. The van der Waals surface area contributed by atoms with Crippen LogP contribution in [-0.4, -0.2) is 31.7 Å². The van der Waals surface area contributed by atoms with Crippen molar-refractivity contribution in [3.63, 3.8) is 0 Å². The number of hydrogen-bond donors (Lipinski definition) is 1. The topological polar surface area (TPSA) is 73.9 Å². The number of esters is 1. The first kappa shape index (κ1) is 26.0. The summed E-state index contributed by atoms with van der Waals surface area (Å²) in [7, 11) is 1.57. The fourth-order valence-electron chi connectivity index (χ4n) is 3.63. The summed E-state index contributed by atoms with van der Waals surface area (Å²) in [6.07, 6.45) is 3.12. The van der Waals surface area contributed by atoms with Gasteiger partial charge in [-0.05, 0) is 69.5 Å². The molecule has 0 radical (unpaired) electrons. The number of thiophene rings is 1. The lowest BCUT2D eigenvalue weighted by molar-refractivity contribution is -0.111. The molecular weight excluding hydrogens is 462 g/mol. The highest BCUT2D eigenvalue weighted by molar-refractivity contribution is 7.15. The van der Waals surface area contributed by atoms with Gasteiger partial charge in [-0.1, -0.05) is 29.8 Å². The van der Waals surface area contributed by atoms with Crippen molar-refractivity contribution < 1.29 is 23.8 Å². The molecule has 1 N–H and O–H groups in total. The van der Waals surface area contributed by atoms with E-state index in [-0.39, 0.29) is 18.6 Å². The Bertz CT molecular complexity index is 1240. The van der Waals surface area contributed by atoms with E-state index in [0.29, 0.717) is 22.1 Å². The van der Waals surface area contributed by atoms with E-state index in [1.807, 2.05) is 57.3 Å². The van der Waals surface area contributed by atoms with E-state index in [1.165, 1.54) is 17.4 Å². The molecule has 6 nitrogen and oxygen atoms in total. The van der Waals surface area contributed by atoms with Gasteiger partial charge >= 0.3 is 5.97 Å². The Balaban J connectivity index is 1.85. The average Bonchev–Trinajstić information content (AvgIpc) is 3.21. The molecule has 7 heteroatoms. The Labute approximate surface area is 210 Å². The van der Waals surface area contributed by atoms with Crippen molar-refractivity contribution in [3.8, 4) is 22.6 Å². The quantitative estimate of drug-likeness (QED) is 0.267. The molecule has 184 valence electrons. The lowest BCUT2D eigenvalue weighted by atomic mass is 9.97. The lowest BCUT2D eigenvalue weighted by Crippen LogP contribution is -2.12. The lowest BCUT2D eigenvalue weighted by Gasteiger charge is -2.13. The largest absolute Gasteiger partial charge is 0.493 e. The first-order valence-corrected chi connectivity index (χ1v) is 12.3. The predicted molar refractivity (Wildman–Crippen MR) is 142 cm³/mol. The van der Waals surface area contributed by atoms with Crippen LogP contribution in [0.4, 0.5) is 5.00 Å². The summed E-state index contributed by atoms with van der Waals surface area (Å²) in [4.78, 5) is 25.6. The van der Waals surface area contributed by atoms with E-state index in [9.17, 15) is 9.59 Å². The van der Waals surface area contributed by atoms with Crippen molar-refractivity contribution in [2.75, 3.05) is 19.0 Å². The van der Waals surface area contributed by atoms with Crippen LogP contribution in [0, 0.1) is 13.8 Å². The number of ether oxygens (including phenoxy) is 3. The number of nitrogens with one attached hydrogen (secondary N) is 1. The number of carbonyl (C=O) groups is 2. The first-order valence-electron chi connectivity index (χ1n) is 11.4. The van der Waals surface area contributed by atoms with Gasteiger partial charge in [0.05, 0.1) is 19.8 Å². The van der Waals surface area contributed by atoms with Gasteiger partial charge in [0.2, 0.25) is 5.91 Å². The van der Waals surface area contributed by atoms with Crippen molar-refractivity contribution in [1.82, 2.24) is 0 Å². The maximum Gasteiger partial charge on any atom is 0.341 e. The van der Waals surface area contributed by atoms with Crippen LogP contribution in [0.25, 0.3) is 17.2 Å². The zero-order valence-corrected chi connectivity index (χ0v) is 21.7. The van der Waals surface area contributed by atoms with Crippen molar-refractivity contribution in [1.29, 1.82) is 0 Å². The fourth-order valence-corrected chi connectivity index (χ4v) is 4.59. The molecule has 0 atom stereocenters.